The second kappa shape index (κ2) is 4.26. The van der Waals surface area contributed by atoms with Gasteiger partial charge in [0.15, 0.2) is 0 Å². The van der Waals surface area contributed by atoms with Crippen LogP contribution in [0, 0.1) is 0 Å². The monoisotopic (exact) mass is 273 g/mol. The van der Waals surface area contributed by atoms with Crippen LogP contribution in [0.2, 0.25) is 0 Å². The molecule has 1 aliphatic rings. The number of carbonyl (C=O) groups excluding carboxylic acids is 1. The number of esters is 1. The van der Waals surface area contributed by atoms with Crippen LogP contribution in [0.3, 0.4) is 0 Å². The third-order valence-electron chi connectivity index (χ3n) is 1.80. The summed E-state index contributed by atoms with van der Waals surface area (Å²) in [7, 11) is -2.77. The lowest BCUT2D eigenvalue weighted by Crippen LogP contribution is -2.31. The number of methoxy groups -OCH3 is 1. The van der Waals surface area contributed by atoms with E-state index in [2.05, 4.69) is 14.1 Å². The van der Waals surface area contributed by atoms with Gasteiger partial charge in [0.2, 0.25) is 0 Å². The molecule has 1 N–H and O–H groups in total. The summed E-state index contributed by atoms with van der Waals surface area (Å²) in [5.41, 5.74) is -0.0770. The van der Waals surface area contributed by atoms with Crippen molar-refractivity contribution in [2.75, 3.05) is 7.11 Å². The molecule has 0 unspecified atom stereocenters. The maximum atomic E-state index is 11.4. The summed E-state index contributed by atoms with van der Waals surface area (Å²) >= 11 is 1.22. The molecule has 1 aliphatic heterocycles. The quantitative estimate of drug-likeness (QED) is 0.755. The van der Waals surface area contributed by atoms with Crippen molar-refractivity contribution in [3.63, 3.8) is 0 Å². The van der Waals surface area contributed by atoms with Gasteiger partial charge in [-0.05, 0) is 6.08 Å². The smallest absolute Gasteiger partial charge is 0.355 e. The maximum absolute atomic E-state index is 11.4. The standard InChI is InChI=1S/C8H7N3O4S2/c1-15-8(12)6-4-5(7-9-2-3-16-7)10-17(13,14)11-6/h2-4,11H,1H3. The van der Waals surface area contributed by atoms with Gasteiger partial charge in [-0.2, -0.15) is 8.42 Å². The molecule has 0 spiro atoms. The molecule has 7 nitrogen and oxygen atoms in total. The number of thiazole rings is 1. The third-order valence-corrected chi connectivity index (χ3v) is 3.51. The summed E-state index contributed by atoms with van der Waals surface area (Å²) in [6.07, 6.45) is 2.80. The first-order chi connectivity index (χ1) is 8.02. The minimum absolute atomic E-state index is 0.110. The molecule has 90 valence electrons. The fourth-order valence-corrected chi connectivity index (χ4v) is 2.66. The van der Waals surface area contributed by atoms with Crippen molar-refractivity contribution in [3.8, 4) is 0 Å². The summed E-state index contributed by atoms with van der Waals surface area (Å²) < 4.78 is 32.7. The Kier molecular flexibility index (Phi) is 2.94. The molecule has 0 fully saturated rings. The first-order valence-corrected chi connectivity index (χ1v) is 6.66. The maximum Gasteiger partial charge on any atom is 0.355 e. The second-order valence-corrected chi connectivity index (χ2v) is 5.17. The molecule has 1 aromatic heterocycles. The van der Waals surface area contributed by atoms with Crippen LogP contribution >= 0.6 is 11.3 Å². The van der Waals surface area contributed by atoms with E-state index < -0.39 is 16.2 Å². The molecule has 0 aliphatic carbocycles. The zero-order valence-electron chi connectivity index (χ0n) is 8.58. The van der Waals surface area contributed by atoms with Crippen molar-refractivity contribution in [1.82, 2.24) is 9.71 Å². The Labute approximate surface area is 101 Å². The number of aromatic nitrogens is 1. The normalized spacial score (nSPS) is 17.7. The molecule has 2 heterocycles. The van der Waals surface area contributed by atoms with Crippen molar-refractivity contribution in [2.24, 2.45) is 4.40 Å². The summed E-state index contributed by atoms with van der Waals surface area (Å²) in [4.78, 5) is 15.2. The van der Waals surface area contributed by atoms with Gasteiger partial charge >= 0.3 is 16.2 Å². The Balaban J connectivity index is 2.47. The lowest BCUT2D eigenvalue weighted by atomic mass is 10.3. The van der Waals surface area contributed by atoms with Gasteiger partial charge in [0.05, 0.1) is 7.11 Å². The van der Waals surface area contributed by atoms with Crippen LogP contribution in [0.1, 0.15) is 5.01 Å². The number of nitrogens with zero attached hydrogens (tertiary/aromatic N) is 2. The van der Waals surface area contributed by atoms with Gasteiger partial charge in [0, 0.05) is 11.6 Å². The zero-order valence-corrected chi connectivity index (χ0v) is 10.2. The van der Waals surface area contributed by atoms with Crippen molar-refractivity contribution >= 4 is 33.2 Å². The van der Waals surface area contributed by atoms with E-state index in [-0.39, 0.29) is 11.4 Å². The minimum Gasteiger partial charge on any atom is -0.464 e. The Hall–Kier alpha value is -1.74. The van der Waals surface area contributed by atoms with Crippen LogP contribution in [0.15, 0.2) is 27.7 Å². The fraction of sp³-hybridized carbons (Fsp3) is 0.125. The number of rotatable bonds is 2. The Morgan fingerprint density at radius 2 is 2.29 bits per heavy atom. The summed E-state index contributed by atoms with van der Waals surface area (Å²) in [5, 5.41) is 2.09. The molecule has 0 radical (unpaired) electrons. The van der Waals surface area contributed by atoms with Crippen LogP contribution in [0.4, 0.5) is 0 Å². The zero-order chi connectivity index (χ0) is 12.5. The number of carbonyl (C=O) groups is 1. The second-order valence-electron chi connectivity index (χ2n) is 2.94. The number of hydrogen-bond donors (Lipinski definition) is 1. The number of allylic oxidation sites excluding steroid dienone is 1. The predicted molar refractivity (Wildman–Crippen MR) is 60.8 cm³/mol. The predicted octanol–water partition coefficient (Wildman–Crippen LogP) is -0.163. The average molecular weight is 273 g/mol. The molecule has 0 saturated carbocycles. The highest BCUT2D eigenvalue weighted by Crippen LogP contribution is 2.14. The highest BCUT2D eigenvalue weighted by Gasteiger charge is 2.24. The number of nitrogens with one attached hydrogen (secondary N) is 1. The van der Waals surface area contributed by atoms with Crippen LogP contribution < -0.4 is 4.72 Å². The fourth-order valence-electron chi connectivity index (χ4n) is 1.15. The van der Waals surface area contributed by atoms with Gasteiger partial charge in [0.25, 0.3) is 0 Å². The van der Waals surface area contributed by atoms with Gasteiger partial charge < -0.3 is 4.74 Å². The van der Waals surface area contributed by atoms with E-state index in [0.717, 1.165) is 7.11 Å². The van der Waals surface area contributed by atoms with Gasteiger partial charge in [-0.25, -0.2) is 9.78 Å². The van der Waals surface area contributed by atoms with E-state index in [0.29, 0.717) is 5.01 Å². The first-order valence-electron chi connectivity index (χ1n) is 4.34. The third kappa shape index (κ3) is 2.50. The van der Waals surface area contributed by atoms with E-state index in [1.165, 1.54) is 23.6 Å². The SMILES string of the molecule is COC(=O)C1=CC(c2nccs2)=NS(=O)(=O)N1. The number of ether oxygens (including phenoxy) is 1. The summed E-state index contributed by atoms with van der Waals surface area (Å²) in [6, 6.07) is 0. The largest absolute Gasteiger partial charge is 0.464 e. The summed E-state index contributed by atoms with van der Waals surface area (Å²) in [6.45, 7) is 0. The Bertz CT molecular complexity index is 601. The molecule has 1 aromatic rings. The van der Waals surface area contributed by atoms with Crippen molar-refractivity contribution < 1.29 is 17.9 Å². The highest BCUT2D eigenvalue weighted by molar-refractivity contribution is 7.88. The van der Waals surface area contributed by atoms with E-state index in [9.17, 15) is 13.2 Å². The molecule has 9 heteroatoms. The van der Waals surface area contributed by atoms with E-state index in [4.69, 9.17) is 0 Å². The van der Waals surface area contributed by atoms with Gasteiger partial charge in [0.1, 0.15) is 16.4 Å². The van der Waals surface area contributed by atoms with Crippen molar-refractivity contribution in [3.05, 3.63) is 28.4 Å². The van der Waals surface area contributed by atoms with Gasteiger partial charge in [-0.15, -0.1) is 15.7 Å². The van der Waals surface area contributed by atoms with Crippen molar-refractivity contribution in [2.45, 2.75) is 0 Å². The Morgan fingerprint density at radius 3 is 2.88 bits per heavy atom. The lowest BCUT2D eigenvalue weighted by Gasteiger charge is -2.12. The van der Waals surface area contributed by atoms with Crippen LogP contribution in [0.25, 0.3) is 0 Å². The molecular formula is C8H7N3O4S2. The molecule has 0 atom stereocenters. The minimum atomic E-state index is -3.93. The van der Waals surface area contributed by atoms with Gasteiger partial charge in [-0.1, -0.05) is 0 Å². The molecule has 0 amide bonds. The van der Waals surface area contributed by atoms with Crippen LogP contribution in [0.5, 0.6) is 0 Å². The van der Waals surface area contributed by atoms with Crippen LogP contribution in [-0.4, -0.2) is 32.2 Å². The molecule has 17 heavy (non-hydrogen) atoms. The molecule has 0 aromatic carbocycles. The lowest BCUT2D eigenvalue weighted by molar-refractivity contribution is -0.136. The average Bonchev–Trinajstić information content (AvgIpc) is 2.79. The number of hydrogen-bond acceptors (Lipinski definition) is 6. The van der Waals surface area contributed by atoms with E-state index >= 15 is 0 Å². The summed E-state index contributed by atoms with van der Waals surface area (Å²) in [5.74, 6) is -0.780. The first kappa shape index (κ1) is 11.7. The highest BCUT2D eigenvalue weighted by atomic mass is 32.2. The van der Waals surface area contributed by atoms with Gasteiger partial charge in [-0.3, -0.25) is 4.72 Å². The molecule has 0 saturated heterocycles. The topological polar surface area (TPSA) is 97.7 Å². The van der Waals surface area contributed by atoms with Crippen LogP contribution in [-0.2, 0) is 19.7 Å². The van der Waals surface area contributed by atoms with E-state index in [1.807, 2.05) is 4.72 Å². The van der Waals surface area contributed by atoms with Crippen molar-refractivity contribution in [1.29, 1.82) is 0 Å². The molecule has 0 bridgehead atoms. The molecular weight excluding hydrogens is 266 g/mol. The molecule has 2 rings (SSSR count). The Morgan fingerprint density at radius 1 is 1.53 bits per heavy atom. The van der Waals surface area contributed by atoms with E-state index in [1.54, 1.807) is 5.38 Å².